The fraction of sp³-hybridized carbons (Fsp3) is 0. The summed E-state index contributed by atoms with van der Waals surface area (Å²) in [7, 11) is 0. The lowest BCUT2D eigenvalue weighted by atomic mass is 10.3. The molecule has 0 aliphatic rings. The Kier molecular flexibility index (Phi) is 2.97. The van der Waals surface area contributed by atoms with Gasteiger partial charge >= 0.3 is 0 Å². The number of aromatic nitrogens is 1. The summed E-state index contributed by atoms with van der Waals surface area (Å²) < 4.78 is 31.0. The van der Waals surface area contributed by atoms with Gasteiger partial charge in [-0.25, -0.2) is 13.8 Å². The first-order chi connectivity index (χ1) is 8.17. The van der Waals surface area contributed by atoms with Crippen LogP contribution in [0.4, 0.5) is 8.78 Å². The molecule has 0 saturated carbocycles. The molecule has 0 fully saturated rings. The number of hydrogen-bond acceptors (Lipinski definition) is 3. The normalized spacial score (nSPS) is 9.71. The molecule has 84 valence electrons. The highest BCUT2D eigenvalue weighted by Gasteiger charge is 2.03. The second kappa shape index (κ2) is 4.58. The predicted molar refractivity (Wildman–Crippen MR) is 55.4 cm³/mol. The van der Waals surface area contributed by atoms with E-state index in [2.05, 4.69) is 4.98 Å². The van der Waals surface area contributed by atoms with Crippen molar-refractivity contribution in [2.24, 2.45) is 0 Å². The van der Waals surface area contributed by atoms with Gasteiger partial charge in [-0.2, -0.15) is 5.26 Å². The molecule has 1 heterocycles. The zero-order valence-corrected chi connectivity index (χ0v) is 8.52. The molecule has 0 aliphatic carbocycles. The predicted octanol–water partition coefficient (Wildman–Crippen LogP) is 3.02. The summed E-state index contributed by atoms with van der Waals surface area (Å²) >= 11 is 0. The molecule has 1 aromatic carbocycles. The Bertz CT molecular complexity index is 573. The van der Waals surface area contributed by atoms with Crippen molar-refractivity contribution in [1.29, 1.82) is 5.26 Å². The molecule has 0 spiro atoms. The van der Waals surface area contributed by atoms with E-state index in [1.165, 1.54) is 18.3 Å². The Labute approximate surface area is 95.9 Å². The Morgan fingerprint density at radius 3 is 2.41 bits per heavy atom. The number of halogens is 2. The van der Waals surface area contributed by atoms with Crippen molar-refractivity contribution >= 4 is 0 Å². The van der Waals surface area contributed by atoms with Crippen LogP contribution >= 0.6 is 0 Å². The van der Waals surface area contributed by atoms with Crippen molar-refractivity contribution in [3.8, 4) is 17.6 Å². The van der Waals surface area contributed by atoms with Gasteiger partial charge in [-0.15, -0.1) is 0 Å². The van der Waals surface area contributed by atoms with Gasteiger partial charge in [0.15, 0.2) is 0 Å². The number of nitrogens with zero attached hydrogens (tertiary/aromatic N) is 2. The fourth-order valence-corrected chi connectivity index (χ4v) is 1.26. The molecule has 2 aromatic rings. The number of ether oxygens (including phenoxy) is 1. The summed E-state index contributed by atoms with van der Waals surface area (Å²) in [5.74, 6) is -1.14. The Morgan fingerprint density at radius 1 is 1.06 bits per heavy atom. The molecule has 0 amide bonds. The van der Waals surface area contributed by atoms with Crippen LogP contribution in [-0.2, 0) is 0 Å². The maximum absolute atomic E-state index is 12.9. The minimum absolute atomic E-state index is 0.0255. The lowest BCUT2D eigenvalue weighted by Gasteiger charge is -2.05. The molecule has 5 heteroatoms. The molecule has 0 aliphatic heterocycles. The van der Waals surface area contributed by atoms with Gasteiger partial charge in [-0.3, -0.25) is 0 Å². The Balaban J connectivity index is 2.28. The molecule has 17 heavy (non-hydrogen) atoms. The van der Waals surface area contributed by atoms with Gasteiger partial charge < -0.3 is 4.74 Å². The second-order valence-corrected chi connectivity index (χ2v) is 3.20. The monoisotopic (exact) mass is 232 g/mol. The van der Waals surface area contributed by atoms with E-state index in [9.17, 15) is 8.78 Å². The molecule has 0 bridgehead atoms. The van der Waals surface area contributed by atoms with E-state index in [0.29, 0.717) is 5.75 Å². The number of nitriles is 1. The van der Waals surface area contributed by atoms with Crippen molar-refractivity contribution in [3.05, 3.63) is 53.9 Å². The van der Waals surface area contributed by atoms with E-state index in [0.717, 1.165) is 18.2 Å². The summed E-state index contributed by atoms with van der Waals surface area (Å²) in [5.41, 5.74) is 0.166. The minimum Gasteiger partial charge on any atom is -0.457 e. The Hall–Kier alpha value is -2.48. The third-order valence-corrected chi connectivity index (χ3v) is 1.92. The molecule has 2 rings (SSSR count). The lowest BCUT2D eigenvalue weighted by Crippen LogP contribution is -1.89. The average molecular weight is 232 g/mol. The van der Waals surface area contributed by atoms with Crippen LogP contribution < -0.4 is 4.74 Å². The first kappa shape index (κ1) is 11.0. The molecule has 0 unspecified atom stereocenters. The lowest BCUT2D eigenvalue weighted by molar-refractivity contribution is 0.467. The van der Waals surface area contributed by atoms with E-state index in [-0.39, 0.29) is 11.4 Å². The van der Waals surface area contributed by atoms with Gasteiger partial charge in [-0.1, -0.05) is 0 Å². The standard InChI is InChI=1S/C12H6F2N2O/c13-8-3-9(14)5-12(4-8)17-11-1-2-16-10(6-11)7-15/h1-6H. The van der Waals surface area contributed by atoms with E-state index < -0.39 is 11.6 Å². The average Bonchev–Trinajstić information content (AvgIpc) is 2.28. The second-order valence-electron chi connectivity index (χ2n) is 3.20. The number of rotatable bonds is 2. The summed E-state index contributed by atoms with van der Waals surface area (Å²) in [4.78, 5) is 3.75. The number of hydrogen-bond donors (Lipinski definition) is 0. The van der Waals surface area contributed by atoms with Crippen LogP contribution in [0.1, 0.15) is 5.69 Å². The highest BCUT2D eigenvalue weighted by atomic mass is 19.1. The zero-order valence-electron chi connectivity index (χ0n) is 8.52. The van der Waals surface area contributed by atoms with Crippen LogP contribution in [0.25, 0.3) is 0 Å². The quantitative estimate of drug-likeness (QED) is 0.799. The minimum atomic E-state index is -0.727. The van der Waals surface area contributed by atoms with Crippen LogP contribution in [0.5, 0.6) is 11.5 Å². The van der Waals surface area contributed by atoms with Crippen molar-refractivity contribution in [1.82, 2.24) is 4.98 Å². The molecule has 1 aromatic heterocycles. The maximum Gasteiger partial charge on any atom is 0.144 e. The highest BCUT2D eigenvalue weighted by molar-refractivity contribution is 5.34. The number of benzene rings is 1. The topological polar surface area (TPSA) is 45.9 Å². The first-order valence-corrected chi connectivity index (χ1v) is 4.67. The summed E-state index contributed by atoms with van der Waals surface area (Å²) in [6, 6.07) is 7.56. The summed E-state index contributed by atoms with van der Waals surface area (Å²) in [6.07, 6.45) is 1.38. The van der Waals surface area contributed by atoms with Crippen LogP contribution in [0.15, 0.2) is 36.5 Å². The van der Waals surface area contributed by atoms with Gasteiger partial charge in [0.2, 0.25) is 0 Å². The molecule has 3 nitrogen and oxygen atoms in total. The largest absolute Gasteiger partial charge is 0.457 e. The van der Waals surface area contributed by atoms with Crippen LogP contribution in [-0.4, -0.2) is 4.98 Å². The summed E-state index contributed by atoms with van der Waals surface area (Å²) in [6.45, 7) is 0. The first-order valence-electron chi connectivity index (χ1n) is 4.67. The molecule has 0 N–H and O–H groups in total. The number of pyridine rings is 1. The van der Waals surface area contributed by atoms with E-state index >= 15 is 0 Å². The summed E-state index contributed by atoms with van der Waals surface area (Å²) in [5, 5.41) is 8.63. The SMILES string of the molecule is N#Cc1cc(Oc2cc(F)cc(F)c2)ccn1. The van der Waals surface area contributed by atoms with Gasteiger partial charge in [0.05, 0.1) is 0 Å². The molecule has 0 radical (unpaired) electrons. The molecular weight excluding hydrogens is 226 g/mol. The van der Waals surface area contributed by atoms with Gasteiger partial charge in [-0.05, 0) is 6.07 Å². The molecule has 0 saturated heterocycles. The molecule has 0 atom stereocenters. The highest BCUT2D eigenvalue weighted by Crippen LogP contribution is 2.23. The molecular formula is C12H6F2N2O. The van der Waals surface area contributed by atoms with E-state index in [1.807, 2.05) is 6.07 Å². The third-order valence-electron chi connectivity index (χ3n) is 1.92. The van der Waals surface area contributed by atoms with Crippen molar-refractivity contribution in [3.63, 3.8) is 0 Å². The Morgan fingerprint density at radius 2 is 1.76 bits per heavy atom. The van der Waals surface area contributed by atoms with E-state index in [4.69, 9.17) is 10.00 Å². The van der Waals surface area contributed by atoms with Crippen LogP contribution in [0.3, 0.4) is 0 Å². The maximum atomic E-state index is 12.9. The third kappa shape index (κ3) is 2.75. The smallest absolute Gasteiger partial charge is 0.144 e. The van der Waals surface area contributed by atoms with E-state index in [1.54, 1.807) is 0 Å². The van der Waals surface area contributed by atoms with Gasteiger partial charge in [0, 0.05) is 30.5 Å². The fourth-order valence-electron chi connectivity index (χ4n) is 1.26. The zero-order chi connectivity index (χ0) is 12.3. The van der Waals surface area contributed by atoms with Crippen molar-refractivity contribution in [2.75, 3.05) is 0 Å². The van der Waals surface area contributed by atoms with Gasteiger partial charge in [0.25, 0.3) is 0 Å². The van der Waals surface area contributed by atoms with Crippen molar-refractivity contribution in [2.45, 2.75) is 0 Å². The van der Waals surface area contributed by atoms with Gasteiger partial charge in [0.1, 0.15) is 34.9 Å². The van der Waals surface area contributed by atoms with Crippen LogP contribution in [0.2, 0.25) is 0 Å². The van der Waals surface area contributed by atoms with Crippen LogP contribution in [0, 0.1) is 23.0 Å². The van der Waals surface area contributed by atoms with Crippen molar-refractivity contribution < 1.29 is 13.5 Å².